The fraction of sp³-hybridized carbons (Fsp3) is 0.350. The van der Waals surface area contributed by atoms with E-state index in [2.05, 4.69) is 36.9 Å². The van der Waals surface area contributed by atoms with Crippen molar-refractivity contribution in [2.45, 2.75) is 26.3 Å². The lowest BCUT2D eigenvalue weighted by Crippen LogP contribution is -2.51. The molecule has 148 valence electrons. The van der Waals surface area contributed by atoms with E-state index in [1.54, 1.807) is 0 Å². The number of benzene rings is 1. The molecule has 1 aromatic carbocycles. The molecule has 0 unspecified atom stereocenters. The monoisotopic (exact) mass is 435 g/mol. The quantitative estimate of drug-likeness (QED) is 0.387. The number of nitrogens with zero attached hydrogens (tertiary/aromatic N) is 1. The van der Waals surface area contributed by atoms with Crippen LogP contribution in [0.3, 0.4) is 0 Å². The highest BCUT2D eigenvalue weighted by atomic mass is 32.2. The Hall–Kier alpha value is -1.77. The Morgan fingerprint density at radius 2 is 1.61 bits per heavy atom. The highest BCUT2D eigenvalue weighted by Crippen LogP contribution is 2.55. The molecule has 0 fully saturated rings. The van der Waals surface area contributed by atoms with Crippen molar-refractivity contribution in [3.8, 4) is 0 Å². The number of methoxy groups -OCH3 is 2. The zero-order valence-corrected chi connectivity index (χ0v) is 19.0. The van der Waals surface area contributed by atoms with Crippen molar-refractivity contribution < 1.29 is 19.1 Å². The van der Waals surface area contributed by atoms with E-state index in [9.17, 15) is 9.59 Å². The zero-order valence-electron chi connectivity index (χ0n) is 16.5. The van der Waals surface area contributed by atoms with Gasteiger partial charge in [0.05, 0.1) is 24.0 Å². The predicted octanol–water partition coefficient (Wildman–Crippen LogP) is 4.30. The van der Waals surface area contributed by atoms with Gasteiger partial charge in [-0.3, -0.25) is 0 Å². The topological polar surface area (TPSA) is 55.8 Å². The van der Waals surface area contributed by atoms with Crippen LogP contribution in [0.2, 0.25) is 0 Å². The van der Waals surface area contributed by atoms with Crippen molar-refractivity contribution in [1.82, 2.24) is 0 Å². The summed E-state index contributed by atoms with van der Waals surface area (Å²) >= 11 is 8.32. The van der Waals surface area contributed by atoms with Crippen LogP contribution in [0.15, 0.2) is 32.2 Å². The lowest BCUT2D eigenvalue weighted by Gasteiger charge is -2.44. The number of carbonyl (C=O) groups excluding carboxylic acids is 2. The maximum absolute atomic E-state index is 12.2. The number of aryl methyl sites for hydroxylation is 1. The number of esters is 2. The molecule has 1 aromatic rings. The second kappa shape index (κ2) is 7.57. The van der Waals surface area contributed by atoms with Crippen LogP contribution in [0.4, 0.5) is 5.69 Å². The Kier molecular flexibility index (Phi) is 5.67. The van der Waals surface area contributed by atoms with E-state index in [1.807, 2.05) is 14.0 Å². The zero-order chi connectivity index (χ0) is 20.8. The van der Waals surface area contributed by atoms with E-state index in [-0.39, 0.29) is 9.81 Å². The summed E-state index contributed by atoms with van der Waals surface area (Å²) < 4.78 is 10.5. The van der Waals surface area contributed by atoms with E-state index in [4.69, 9.17) is 21.7 Å². The largest absolute Gasteiger partial charge is 0.465 e. The lowest BCUT2D eigenvalue weighted by molar-refractivity contribution is -0.138. The van der Waals surface area contributed by atoms with Crippen molar-refractivity contribution in [2.75, 3.05) is 26.2 Å². The minimum Gasteiger partial charge on any atom is -0.465 e. The van der Waals surface area contributed by atoms with Crippen LogP contribution in [0, 0.1) is 6.92 Å². The van der Waals surface area contributed by atoms with Gasteiger partial charge < -0.3 is 14.4 Å². The molecule has 0 N–H and O–H groups in total. The minimum absolute atomic E-state index is 0.232. The Bertz CT molecular complexity index is 932. The molecule has 0 saturated carbocycles. The number of carbonyl (C=O) groups is 2. The fourth-order valence-corrected chi connectivity index (χ4v) is 6.16. The summed E-state index contributed by atoms with van der Waals surface area (Å²) in [4.78, 5) is 27.9. The summed E-state index contributed by atoms with van der Waals surface area (Å²) in [6, 6.07) is 6.23. The van der Waals surface area contributed by atoms with Crippen molar-refractivity contribution in [1.29, 1.82) is 0 Å². The lowest BCUT2D eigenvalue weighted by atomic mass is 9.83. The van der Waals surface area contributed by atoms with Crippen LogP contribution in [0.1, 0.15) is 25.0 Å². The van der Waals surface area contributed by atoms with Gasteiger partial charge in [-0.15, -0.1) is 0 Å². The molecule has 5 nitrogen and oxygen atoms in total. The molecule has 0 spiro atoms. The van der Waals surface area contributed by atoms with Gasteiger partial charge >= 0.3 is 11.9 Å². The van der Waals surface area contributed by atoms with Gasteiger partial charge in [-0.1, -0.05) is 47.4 Å². The number of hydrogen-bond donors (Lipinski definition) is 0. The molecular weight excluding hydrogens is 414 g/mol. The smallest absolute Gasteiger partial charge is 0.346 e. The molecule has 0 aromatic heterocycles. The van der Waals surface area contributed by atoms with Crippen LogP contribution >= 0.6 is 35.7 Å². The Balaban J connectivity index is 2.22. The third kappa shape index (κ3) is 3.27. The number of ether oxygens (including phenoxy) is 2. The second-order valence-corrected chi connectivity index (χ2v) is 9.68. The average molecular weight is 436 g/mol. The van der Waals surface area contributed by atoms with Gasteiger partial charge in [0.2, 0.25) is 0 Å². The van der Waals surface area contributed by atoms with E-state index in [1.165, 1.54) is 37.7 Å². The normalized spacial score (nSPS) is 18.4. The van der Waals surface area contributed by atoms with Crippen LogP contribution < -0.4 is 4.90 Å². The van der Waals surface area contributed by atoms with E-state index < -0.39 is 17.5 Å². The number of fused-ring (bicyclic) bond motifs is 1. The van der Waals surface area contributed by atoms with Gasteiger partial charge in [0, 0.05) is 28.7 Å². The van der Waals surface area contributed by atoms with Gasteiger partial charge in [-0.05, 0) is 32.9 Å². The summed E-state index contributed by atoms with van der Waals surface area (Å²) in [6.07, 6.45) is 0. The Labute approximate surface area is 178 Å². The SMILES string of the molecule is COC(=O)C1=C(C(=O)OC)SC(=C2C(=S)C(C)(C)N(C)c3ccc(C)cc32)S1. The molecule has 0 aliphatic carbocycles. The van der Waals surface area contributed by atoms with Gasteiger partial charge in [0.25, 0.3) is 0 Å². The number of rotatable bonds is 2. The van der Waals surface area contributed by atoms with E-state index in [0.29, 0.717) is 0 Å². The van der Waals surface area contributed by atoms with E-state index in [0.717, 1.165) is 31.5 Å². The van der Waals surface area contributed by atoms with Crippen molar-refractivity contribution in [3.63, 3.8) is 0 Å². The molecule has 3 rings (SSSR count). The highest BCUT2D eigenvalue weighted by molar-refractivity contribution is 8.29. The van der Waals surface area contributed by atoms with Crippen molar-refractivity contribution in [2.24, 2.45) is 0 Å². The van der Waals surface area contributed by atoms with Gasteiger partial charge in [-0.2, -0.15) is 0 Å². The molecular formula is C20H21NO4S3. The first kappa shape index (κ1) is 21.0. The third-order valence-corrected chi connectivity index (χ3v) is 8.21. The molecule has 8 heteroatoms. The molecule has 0 atom stereocenters. The molecule has 2 heterocycles. The number of hydrogen-bond acceptors (Lipinski definition) is 8. The summed E-state index contributed by atoms with van der Waals surface area (Å²) in [5, 5.41) is 0. The standard InChI is InChI=1S/C20H21NO4S3/c1-10-7-8-12-11(9-10)13(16(26)20(2,3)21(12)4)19-27-14(17(22)24-5)15(28-19)18(23)25-6/h7-9H,1-6H3. The first-order chi connectivity index (χ1) is 13.1. The summed E-state index contributed by atoms with van der Waals surface area (Å²) in [5.41, 5.74) is 3.64. The van der Waals surface area contributed by atoms with Crippen molar-refractivity contribution in [3.05, 3.63) is 43.4 Å². The molecule has 0 saturated heterocycles. The van der Waals surface area contributed by atoms with Gasteiger partial charge in [0.1, 0.15) is 9.81 Å². The van der Waals surface area contributed by atoms with Gasteiger partial charge in [0.15, 0.2) is 0 Å². The second-order valence-electron chi connectivity index (χ2n) is 6.98. The first-order valence-corrected chi connectivity index (χ1v) is 10.6. The summed E-state index contributed by atoms with van der Waals surface area (Å²) in [6.45, 7) is 6.16. The minimum atomic E-state index is -0.559. The summed E-state index contributed by atoms with van der Waals surface area (Å²) in [7, 11) is 4.61. The van der Waals surface area contributed by atoms with Crippen LogP contribution in [0.25, 0.3) is 5.57 Å². The van der Waals surface area contributed by atoms with Gasteiger partial charge in [-0.25, -0.2) is 9.59 Å². The number of thioether (sulfide) groups is 2. The highest BCUT2D eigenvalue weighted by Gasteiger charge is 2.42. The summed E-state index contributed by atoms with van der Waals surface area (Å²) in [5.74, 6) is -1.12. The number of anilines is 1. The first-order valence-electron chi connectivity index (χ1n) is 8.54. The van der Waals surface area contributed by atoms with Crippen molar-refractivity contribution >= 4 is 63.8 Å². The molecule has 0 bridgehead atoms. The number of thiocarbonyl (C=S) groups is 1. The predicted molar refractivity (Wildman–Crippen MR) is 119 cm³/mol. The molecule has 0 amide bonds. The van der Waals surface area contributed by atoms with Crippen LogP contribution in [-0.2, 0) is 19.1 Å². The molecule has 2 aliphatic heterocycles. The maximum Gasteiger partial charge on any atom is 0.346 e. The molecule has 2 aliphatic rings. The molecule has 0 radical (unpaired) electrons. The third-order valence-electron chi connectivity index (χ3n) is 4.95. The average Bonchev–Trinajstić information content (AvgIpc) is 3.10. The van der Waals surface area contributed by atoms with Crippen LogP contribution in [0.5, 0.6) is 0 Å². The molecule has 28 heavy (non-hydrogen) atoms. The maximum atomic E-state index is 12.2. The fourth-order valence-electron chi connectivity index (χ4n) is 3.08. The Morgan fingerprint density at radius 3 is 2.11 bits per heavy atom. The van der Waals surface area contributed by atoms with E-state index >= 15 is 0 Å². The van der Waals surface area contributed by atoms with Crippen LogP contribution in [-0.4, -0.2) is 43.6 Å². The Morgan fingerprint density at radius 1 is 1.07 bits per heavy atom.